The van der Waals surface area contributed by atoms with Gasteiger partial charge in [-0.25, -0.2) is 4.98 Å². The molecule has 30 heavy (non-hydrogen) atoms. The number of benzene rings is 2. The van der Waals surface area contributed by atoms with E-state index < -0.39 is 6.35 Å². The molecule has 0 aliphatic rings. The van der Waals surface area contributed by atoms with Gasteiger partial charge in [0.05, 0.1) is 10.2 Å². The van der Waals surface area contributed by atoms with Crippen LogP contribution in [0.2, 0.25) is 0 Å². The Morgan fingerprint density at radius 1 is 1.20 bits per heavy atom. The number of hydrogen-bond acceptors (Lipinski definition) is 7. The van der Waals surface area contributed by atoms with Crippen molar-refractivity contribution in [2.75, 3.05) is 18.5 Å². The summed E-state index contributed by atoms with van der Waals surface area (Å²) in [6.07, 6.45) is -0.573. The number of aromatic nitrogens is 1. The number of nitrogens with one attached hydrogen (secondary N) is 1. The van der Waals surface area contributed by atoms with Gasteiger partial charge in [0.25, 0.3) is 0 Å². The molecule has 0 bridgehead atoms. The highest BCUT2D eigenvalue weighted by Crippen LogP contribution is 2.30. The summed E-state index contributed by atoms with van der Waals surface area (Å²) in [7, 11) is 0. The van der Waals surface area contributed by atoms with Gasteiger partial charge in [0.15, 0.2) is 6.35 Å². The molecule has 0 saturated heterocycles. The highest BCUT2D eigenvalue weighted by molar-refractivity contribution is 7.21. The smallest absolute Gasteiger partial charge is 0.305 e. The molecular weight excluding hydrogens is 398 g/mol. The highest BCUT2D eigenvalue weighted by atomic mass is 32.1. The average Bonchev–Trinajstić information content (AvgIpc) is 3.14. The highest BCUT2D eigenvalue weighted by Gasteiger charge is 2.27. The van der Waals surface area contributed by atoms with Crippen molar-refractivity contribution >= 4 is 33.2 Å². The number of para-hydroxylation sites is 1. The molecule has 0 saturated carbocycles. The van der Waals surface area contributed by atoms with Gasteiger partial charge < -0.3 is 15.2 Å². The van der Waals surface area contributed by atoms with Crippen molar-refractivity contribution in [3.63, 3.8) is 0 Å². The minimum Gasteiger partial charge on any atom is -0.464 e. The van der Waals surface area contributed by atoms with Crippen molar-refractivity contribution in [2.24, 2.45) is 0 Å². The van der Waals surface area contributed by atoms with Crippen LogP contribution in [0.4, 0.5) is 5.69 Å². The lowest BCUT2D eigenvalue weighted by Crippen LogP contribution is -2.52. The fourth-order valence-electron chi connectivity index (χ4n) is 3.12. The zero-order chi connectivity index (χ0) is 21.7. The van der Waals surface area contributed by atoms with Crippen molar-refractivity contribution in [3.8, 4) is 10.6 Å². The molecular formula is C23H29N3O3S. The second-order valence-corrected chi connectivity index (χ2v) is 9.05. The summed E-state index contributed by atoms with van der Waals surface area (Å²) < 4.78 is 6.34. The average molecular weight is 428 g/mol. The molecule has 1 unspecified atom stereocenters. The third-order valence-electron chi connectivity index (χ3n) is 4.76. The first kappa shape index (κ1) is 22.2. The molecule has 0 aliphatic heterocycles. The Kier molecular flexibility index (Phi) is 7.07. The van der Waals surface area contributed by atoms with Gasteiger partial charge in [-0.3, -0.25) is 9.69 Å². The van der Waals surface area contributed by atoms with Gasteiger partial charge in [-0.2, -0.15) is 0 Å². The molecule has 0 aliphatic carbocycles. The molecule has 0 fully saturated rings. The topological polar surface area (TPSA) is 74.7 Å². The minimum absolute atomic E-state index is 0.235. The van der Waals surface area contributed by atoms with Gasteiger partial charge in [0.2, 0.25) is 0 Å². The number of thiazole rings is 1. The molecule has 3 rings (SSSR count). The molecule has 0 spiro atoms. The number of rotatable bonds is 8. The van der Waals surface area contributed by atoms with Crippen LogP contribution in [0.15, 0.2) is 48.5 Å². The van der Waals surface area contributed by atoms with Gasteiger partial charge in [-0.05, 0) is 57.2 Å². The Balaban J connectivity index is 1.66. The predicted molar refractivity (Wildman–Crippen MR) is 122 cm³/mol. The number of ether oxygens (including phenoxy) is 1. The summed E-state index contributed by atoms with van der Waals surface area (Å²) >= 11 is 1.66. The number of hydrogen-bond donors (Lipinski definition) is 2. The molecule has 2 aromatic carbocycles. The third kappa shape index (κ3) is 5.56. The lowest BCUT2D eigenvalue weighted by molar-refractivity contribution is -0.145. The van der Waals surface area contributed by atoms with Crippen molar-refractivity contribution < 1.29 is 14.6 Å². The van der Waals surface area contributed by atoms with E-state index in [2.05, 4.69) is 16.4 Å². The molecule has 1 atom stereocenters. The Morgan fingerprint density at radius 2 is 1.90 bits per heavy atom. The van der Waals surface area contributed by atoms with Crippen LogP contribution in [-0.2, 0) is 9.53 Å². The maximum absolute atomic E-state index is 11.4. The number of carbonyl (C=O) groups is 1. The molecule has 7 heteroatoms. The first-order valence-corrected chi connectivity index (χ1v) is 10.9. The standard InChI is InChI=1S/C23H29N3O3S/c1-5-20(27)29-15-14-26(23(2,3)4)22(28)24-17-12-10-16(11-13-17)21-25-18-8-6-7-9-19(18)30-21/h6-13,22,24,28H,5,14-15H2,1-4H3. The molecule has 3 aromatic rings. The van der Waals surface area contributed by atoms with Crippen LogP contribution < -0.4 is 5.32 Å². The van der Waals surface area contributed by atoms with Crippen LogP contribution in [0.3, 0.4) is 0 Å². The summed E-state index contributed by atoms with van der Waals surface area (Å²) in [5, 5.41) is 14.9. The van der Waals surface area contributed by atoms with E-state index >= 15 is 0 Å². The van der Waals surface area contributed by atoms with Crippen LogP contribution in [0, 0.1) is 0 Å². The van der Waals surface area contributed by atoms with Crippen molar-refractivity contribution in [1.29, 1.82) is 0 Å². The summed E-state index contributed by atoms with van der Waals surface area (Å²) in [4.78, 5) is 17.9. The number of aliphatic hydroxyl groups is 1. The lowest BCUT2D eigenvalue weighted by atomic mass is 10.1. The largest absolute Gasteiger partial charge is 0.464 e. The first-order valence-electron chi connectivity index (χ1n) is 10.1. The van der Waals surface area contributed by atoms with Crippen LogP contribution in [0.25, 0.3) is 20.8 Å². The maximum Gasteiger partial charge on any atom is 0.305 e. The van der Waals surface area contributed by atoms with Crippen molar-refractivity contribution in [2.45, 2.75) is 46.0 Å². The summed E-state index contributed by atoms with van der Waals surface area (Å²) in [5.41, 5.74) is 2.52. The number of aliphatic hydroxyl groups excluding tert-OH is 1. The van der Waals surface area contributed by atoms with Gasteiger partial charge >= 0.3 is 5.97 Å². The fourth-order valence-corrected chi connectivity index (χ4v) is 4.09. The number of esters is 1. The van der Waals surface area contributed by atoms with E-state index in [9.17, 15) is 9.90 Å². The van der Waals surface area contributed by atoms with E-state index in [1.807, 2.05) is 68.1 Å². The number of fused-ring (bicyclic) bond motifs is 1. The second-order valence-electron chi connectivity index (χ2n) is 8.02. The predicted octanol–water partition coefficient (Wildman–Crippen LogP) is 4.70. The molecule has 2 N–H and O–H groups in total. The zero-order valence-electron chi connectivity index (χ0n) is 17.9. The number of nitrogens with zero attached hydrogens (tertiary/aromatic N) is 2. The molecule has 1 aromatic heterocycles. The van der Waals surface area contributed by atoms with Gasteiger partial charge in [-0.15, -0.1) is 11.3 Å². The van der Waals surface area contributed by atoms with E-state index in [0.717, 1.165) is 26.5 Å². The van der Waals surface area contributed by atoms with Gasteiger partial charge in [-0.1, -0.05) is 19.1 Å². The summed E-state index contributed by atoms with van der Waals surface area (Å²) in [5.74, 6) is -0.239. The molecule has 1 heterocycles. The number of anilines is 1. The van der Waals surface area contributed by atoms with E-state index in [1.54, 1.807) is 18.3 Å². The quantitative estimate of drug-likeness (QED) is 0.401. The van der Waals surface area contributed by atoms with Gasteiger partial charge in [0, 0.05) is 29.8 Å². The molecule has 0 radical (unpaired) electrons. The van der Waals surface area contributed by atoms with E-state index in [-0.39, 0.29) is 18.1 Å². The van der Waals surface area contributed by atoms with Crippen LogP contribution >= 0.6 is 11.3 Å². The first-order chi connectivity index (χ1) is 14.3. The minimum atomic E-state index is -0.918. The van der Waals surface area contributed by atoms with Gasteiger partial charge in [0.1, 0.15) is 11.6 Å². The Labute approximate surface area is 181 Å². The van der Waals surface area contributed by atoms with Crippen molar-refractivity contribution in [1.82, 2.24) is 9.88 Å². The second kappa shape index (κ2) is 9.55. The van der Waals surface area contributed by atoms with E-state index in [0.29, 0.717) is 13.0 Å². The van der Waals surface area contributed by atoms with Crippen molar-refractivity contribution in [3.05, 3.63) is 48.5 Å². The van der Waals surface area contributed by atoms with E-state index in [4.69, 9.17) is 4.74 Å². The molecule has 0 amide bonds. The number of carbonyl (C=O) groups excluding carboxylic acids is 1. The molecule has 6 nitrogen and oxygen atoms in total. The summed E-state index contributed by atoms with van der Waals surface area (Å²) in [6, 6.07) is 16.0. The Bertz CT molecular complexity index is 946. The zero-order valence-corrected chi connectivity index (χ0v) is 18.7. The summed E-state index contributed by atoms with van der Waals surface area (Å²) in [6.45, 7) is 8.45. The third-order valence-corrected chi connectivity index (χ3v) is 5.85. The van der Waals surface area contributed by atoms with E-state index in [1.165, 1.54) is 0 Å². The fraction of sp³-hybridized carbons (Fsp3) is 0.391. The SMILES string of the molecule is CCC(=O)OCCN(C(O)Nc1ccc(-c2nc3ccccc3s2)cc1)C(C)(C)C. The molecule has 160 valence electrons. The Morgan fingerprint density at radius 3 is 2.53 bits per heavy atom. The van der Waals surface area contributed by atoms with Crippen LogP contribution in [0.5, 0.6) is 0 Å². The monoisotopic (exact) mass is 427 g/mol. The lowest BCUT2D eigenvalue weighted by Gasteiger charge is -2.39. The van der Waals surface area contributed by atoms with Crippen LogP contribution in [0.1, 0.15) is 34.1 Å². The van der Waals surface area contributed by atoms with Crippen LogP contribution in [-0.4, -0.2) is 46.0 Å². The maximum atomic E-state index is 11.4. The normalized spacial score (nSPS) is 12.9. The Hall–Kier alpha value is -2.48.